The van der Waals surface area contributed by atoms with E-state index in [1.807, 2.05) is 29.9 Å². The summed E-state index contributed by atoms with van der Waals surface area (Å²) in [5.74, 6) is 0.218. The molecule has 7 heteroatoms. The number of hydrogen-bond donors (Lipinski definition) is 1. The van der Waals surface area contributed by atoms with E-state index >= 15 is 0 Å². The summed E-state index contributed by atoms with van der Waals surface area (Å²) in [5.41, 5.74) is 5.31. The summed E-state index contributed by atoms with van der Waals surface area (Å²) in [6, 6.07) is 24.3. The van der Waals surface area contributed by atoms with Crippen LogP contribution in [0.1, 0.15) is 22.3 Å². The number of benzene rings is 3. The minimum Gasteiger partial charge on any atom is -0.489 e. The van der Waals surface area contributed by atoms with Crippen LogP contribution in [0.2, 0.25) is 0 Å². The SMILES string of the molecule is CSc1ccc(/C(=C/COc2ccc(OCC(=O)O)c(C)c2)c2ccc(Cn3cccn3)cc2)cc1. The first-order valence-corrected chi connectivity index (χ1v) is 12.7. The number of rotatable bonds is 11. The predicted octanol–water partition coefficient (Wildman–Crippen LogP) is 5.94. The van der Waals surface area contributed by atoms with Gasteiger partial charge in [0.05, 0.1) is 6.54 Å². The smallest absolute Gasteiger partial charge is 0.341 e. The fourth-order valence-electron chi connectivity index (χ4n) is 3.78. The lowest BCUT2D eigenvalue weighted by Gasteiger charge is -2.13. The summed E-state index contributed by atoms with van der Waals surface area (Å²) in [6.45, 7) is 2.60. The van der Waals surface area contributed by atoms with Gasteiger partial charge in [-0.3, -0.25) is 4.68 Å². The molecule has 0 aliphatic carbocycles. The minimum absolute atomic E-state index is 0.372. The Bertz CT molecular complexity index is 1310. The molecule has 1 aromatic heterocycles. The van der Waals surface area contributed by atoms with Gasteiger partial charge in [0.2, 0.25) is 0 Å². The topological polar surface area (TPSA) is 73.6 Å². The van der Waals surface area contributed by atoms with Crippen molar-refractivity contribution in [2.75, 3.05) is 19.5 Å². The van der Waals surface area contributed by atoms with Gasteiger partial charge in [-0.25, -0.2) is 4.79 Å². The van der Waals surface area contributed by atoms with E-state index in [2.05, 4.69) is 66.0 Å². The summed E-state index contributed by atoms with van der Waals surface area (Å²) >= 11 is 1.72. The Morgan fingerprint density at radius 3 is 2.36 bits per heavy atom. The van der Waals surface area contributed by atoms with Crippen molar-refractivity contribution in [2.45, 2.75) is 18.4 Å². The number of thioether (sulfide) groups is 1. The third-order valence-electron chi connectivity index (χ3n) is 5.60. The number of carboxylic acid groups (broad SMARTS) is 1. The fraction of sp³-hybridized carbons (Fsp3) is 0.172. The molecule has 0 spiro atoms. The lowest BCUT2D eigenvalue weighted by atomic mass is 9.96. The van der Waals surface area contributed by atoms with Crippen LogP contribution in [-0.2, 0) is 11.3 Å². The van der Waals surface area contributed by atoms with Crippen molar-refractivity contribution < 1.29 is 19.4 Å². The van der Waals surface area contributed by atoms with Gasteiger partial charge < -0.3 is 14.6 Å². The van der Waals surface area contributed by atoms with Crippen molar-refractivity contribution in [2.24, 2.45) is 0 Å². The highest BCUT2D eigenvalue weighted by Crippen LogP contribution is 2.27. The molecule has 0 atom stereocenters. The zero-order valence-corrected chi connectivity index (χ0v) is 21.1. The zero-order valence-electron chi connectivity index (χ0n) is 20.3. The first-order chi connectivity index (χ1) is 17.5. The van der Waals surface area contributed by atoms with Crippen LogP contribution in [0.3, 0.4) is 0 Å². The van der Waals surface area contributed by atoms with Crippen LogP contribution in [0, 0.1) is 6.92 Å². The number of carboxylic acids is 1. The zero-order chi connectivity index (χ0) is 25.3. The molecule has 0 aliphatic rings. The van der Waals surface area contributed by atoms with Crippen LogP contribution in [0.5, 0.6) is 11.5 Å². The molecule has 0 saturated heterocycles. The Hall–Kier alpha value is -3.97. The van der Waals surface area contributed by atoms with E-state index in [1.54, 1.807) is 30.1 Å². The van der Waals surface area contributed by atoms with E-state index in [1.165, 1.54) is 10.5 Å². The lowest BCUT2D eigenvalue weighted by molar-refractivity contribution is -0.139. The Balaban J connectivity index is 1.52. The fourth-order valence-corrected chi connectivity index (χ4v) is 4.19. The van der Waals surface area contributed by atoms with Crippen molar-refractivity contribution in [1.29, 1.82) is 0 Å². The second-order valence-electron chi connectivity index (χ2n) is 8.17. The molecule has 4 aromatic rings. The molecule has 0 aliphatic heterocycles. The van der Waals surface area contributed by atoms with Gasteiger partial charge in [0.15, 0.2) is 6.61 Å². The van der Waals surface area contributed by atoms with Gasteiger partial charge in [-0.15, -0.1) is 11.8 Å². The molecule has 0 saturated carbocycles. The molecule has 3 aromatic carbocycles. The molecule has 36 heavy (non-hydrogen) atoms. The van der Waals surface area contributed by atoms with Gasteiger partial charge in [-0.2, -0.15) is 5.10 Å². The molecular formula is C29H28N2O4S. The van der Waals surface area contributed by atoms with E-state index in [-0.39, 0.29) is 6.61 Å². The summed E-state index contributed by atoms with van der Waals surface area (Å²) in [5, 5.41) is 13.1. The molecule has 0 bridgehead atoms. The number of nitrogens with zero attached hydrogens (tertiary/aromatic N) is 2. The quantitative estimate of drug-likeness (QED) is 0.257. The van der Waals surface area contributed by atoms with E-state index in [9.17, 15) is 4.79 Å². The number of hydrogen-bond acceptors (Lipinski definition) is 5. The summed E-state index contributed by atoms with van der Waals surface area (Å²) in [4.78, 5) is 12.0. The average molecular weight is 501 g/mol. The first kappa shape index (κ1) is 25.1. The van der Waals surface area contributed by atoms with E-state index in [0.29, 0.717) is 18.1 Å². The monoisotopic (exact) mass is 500 g/mol. The Morgan fingerprint density at radius 2 is 1.75 bits per heavy atom. The maximum atomic E-state index is 10.8. The maximum absolute atomic E-state index is 10.8. The maximum Gasteiger partial charge on any atom is 0.341 e. The van der Waals surface area contributed by atoms with Crippen molar-refractivity contribution >= 4 is 23.3 Å². The highest BCUT2D eigenvalue weighted by atomic mass is 32.2. The minimum atomic E-state index is -1.01. The lowest BCUT2D eigenvalue weighted by Crippen LogP contribution is -2.10. The molecule has 1 heterocycles. The first-order valence-electron chi connectivity index (χ1n) is 11.5. The van der Waals surface area contributed by atoms with Crippen LogP contribution in [0.25, 0.3) is 5.57 Å². The third-order valence-corrected chi connectivity index (χ3v) is 6.35. The number of aryl methyl sites for hydroxylation is 1. The normalized spacial score (nSPS) is 11.3. The van der Waals surface area contributed by atoms with Gasteiger partial charge >= 0.3 is 5.97 Å². The predicted molar refractivity (Wildman–Crippen MR) is 143 cm³/mol. The standard InChI is InChI=1S/C29H28N2O4S/c1-21-18-25(10-13-28(21)35-20-29(32)33)34-17-14-27(24-8-11-26(36-2)12-9-24)23-6-4-22(5-7-23)19-31-16-3-15-30-31/h3-16,18H,17,19-20H2,1-2H3,(H,32,33)/b27-14+. The van der Waals surface area contributed by atoms with Crippen molar-refractivity contribution in [1.82, 2.24) is 9.78 Å². The Kier molecular flexibility index (Phi) is 8.47. The number of ether oxygens (including phenoxy) is 2. The highest BCUT2D eigenvalue weighted by Gasteiger charge is 2.08. The number of carbonyl (C=O) groups is 1. The molecule has 1 N–H and O–H groups in total. The van der Waals surface area contributed by atoms with E-state index < -0.39 is 5.97 Å². The van der Waals surface area contributed by atoms with Crippen LogP contribution < -0.4 is 9.47 Å². The van der Waals surface area contributed by atoms with Crippen LogP contribution in [0.4, 0.5) is 0 Å². The molecular weight excluding hydrogens is 472 g/mol. The Morgan fingerprint density at radius 1 is 1.03 bits per heavy atom. The molecule has 0 unspecified atom stereocenters. The van der Waals surface area contributed by atoms with E-state index in [4.69, 9.17) is 14.6 Å². The van der Waals surface area contributed by atoms with E-state index in [0.717, 1.165) is 28.8 Å². The summed E-state index contributed by atoms with van der Waals surface area (Å²) in [7, 11) is 0. The highest BCUT2D eigenvalue weighted by molar-refractivity contribution is 7.98. The van der Waals surface area contributed by atoms with Crippen LogP contribution in [0.15, 0.2) is 96.2 Å². The van der Waals surface area contributed by atoms with Crippen molar-refractivity contribution in [3.8, 4) is 11.5 Å². The van der Waals surface area contributed by atoms with Crippen molar-refractivity contribution in [3.05, 3.63) is 114 Å². The molecule has 0 radical (unpaired) electrons. The van der Waals surface area contributed by atoms with Crippen LogP contribution in [-0.4, -0.2) is 40.3 Å². The largest absolute Gasteiger partial charge is 0.489 e. The second-order valence-corrected chi connectivity index (χ2v) is 9.05. The molecule has 6 nitrogen and oxygen atoms in total. The van der Waals surface area contributed by atoms with Gasteiger partial charge in [-0.05, 0) is 83.5 Å². The molecule has 184 valence electrons. The molecule has 0 amide bonds. The van der Waals surface area contributed by atoms with Gasteiger partial charge in [-0.1, -0.05) is 36.4 Å². The average Bonchev–Trinajstić information content (AvgIpc) is 3.40. The number of aliphatic carboxylic acids is 1. The van der Waals surface area contributed by atoms with Gasteiger partial charge in [0.25, 0.3) is 0 Å². The summed E-state index contributed by atoms with van der Waals surface area (Å²) < 4.78 is 13.2. The van der Waals surface area contributed by atoms with Crippen LogP contribution >= 0.6 is 11.8 Å². The summed E-state index contributed by atoms with van der Waals surface area (Å²) in [6.07, 6.45) is 7.89. The molecule has 4 rings (SSSR count). The second kappa shape index (κ2) is 12.1. The third kappa shape index (κ3) is 6.79. The Labute approximate surface area is 215 Å². The molecule has 0 fully saturated rings. The number of aromatic nitrogens is 2. The van der Waals surface area contributed by atoms with Gasteiger partial charge in [0, 0.05) is 17.3 Å². The van der Waals surface area contributed by atoms with Crippen molar-refractivity contribution in [3.63, 3.8) is 0 Å². The van der Waals surface area contributed by atoms with Gasteiger partial charge in [0.1, 0.15) is 18.1 Å².